The van der Waals surface area contributed by atoms with Crippen LogP contribution in [0.1, 0.15) is 39.0 Å². The SMILES string of the molecule is CCC(O)CNCC1(C2CC2)CC1. The first-order valence-electron chi connectivity index (χ1n) is 5.65. The van der Waals surface area contributed by atoms with E-state index in [1.165, 1.54) is 25.7 Å². The average molecular weight is 183 g/mol. The number of rotatable bonds is 6. The first kappa shape index (κ1) is 9.47. The third-order valence-electron chi connectivity index (χ3n) is 3.66. The van der Waals surface area contributed by atoms with Crippen LogP contribution in [0.5, 0.6) is 0 Å². The lowest BCUT2D eigenvalue weighted by molar-refractivity contribution is 0.164. The Balaban J connectivity index is 1.62. The van der Waals surface area contributed by atoms with E-state index in [4.69, 9.17) is 0 Å². The lowest BCUT2D eigenvalue weighted by Gasteiger charge is -2.16. The van der Waals surface area contributed by atoms with E-state index in [1.807, 2.05) is 6.92 Å². The molecular weight excluding hydrogens is 162 g/mol. The number of hydrogen-bond acceptors (Lipinski definition) is 2. The Morgan fingerprint density at radius 3 is 2.62 bits per heavy atom. The molecular formula is C11H21NO. The topological polar surface area (TPSA) is 32.3 Å². The Morgan fingerprint density at radius 2 is 2.15 bits per heavy atom. The number of hydrogen-bond donors (Lipinski definition) is 2. The molecule has 13 heavy (non-hydrogen) atoms. The van der Waals surface area contributed by atoms with Crippen LogP contribution in [0.3, 0.4) is 0 Å². The van der Waals surface area contributed by atoms with Crippen molar-refractivity contribution in [2.75, 3.05) is 13.1 Å². The number of aliphatic hydroxyl groups excluding tert-OH is 1. The fourth-order valence-electron chi connectivity index (χ4n) is 2.22. The molecule has 0 aliphatic heterocycles. The van der Waals surface area contributed by atoms with E-state index in [2.05, 4.69) is 5.32 Å². The zero-order chi connectivity index (χ0) is 9.31. The highest BCUT2D eigenvalue weighted by atomic mass is 16.3. The first-order chi connectivity index (χ1) is 6.27. The van der Waals surface area contributed by atoms with Crippen molar-refractivity contribution in [1.29, 1.82) is 0 Å². The highest BCUT2D eigenvalue weighted by Gasteiger charge is 2.53. The summed E-state index contributed by atoms with van der Waals surface area (Å²) in [6, 6.07) is 0. The minimum absolute atomic E-state index is 0.144. The summed E-state index contributed by atoms with van der Waals surface area (Å²) in [7, 11) is 0. The van der Waals surface area contributed by atoms with Gasteiger partial charge in [0.05, 0.1) is 6.10 Å². The highest BCUT2D eigenvalue weighted by Crippen LogP contribution is 2.60. The Hall–Kier alpha value is -0.0800. The monoisotopic (exact) mass is 183 g/mol. The minimum atomic E-state index is -0.144. The van der Waals surface area contributed by atoms with E-state index < -0.39 is 0 Å². The molecule has 2 saturated carbocycles. The van der Waals surface area contributed by atoms with Crippen LogP contribution < -0.4 is 5.32 Å². The van der Waals surface area contributed by atoms with Crippen LogP contribution in [0.4, 0.5) is 0 Å². The summed E-state index contributed by atoms with van der Waals surface area (Å²) in [4.78, 5) is 0. The standard InChI is InChI=1S/C11H21NO/c1-2-10(13)7-12-8-11(5-6-11)9-3-4-9/h9-10,12-13H,2-8H2,1H3. The van der Waals surface area contributed by atoms with Gasteiger partial charge < -0.3 is 10.4 Å². The normalized spacial score (nSPS) is 27.2. The first-order valence-corrected chi connectivity index (χ1v) is 5.65. The molecule has 1 atom stereocenters. The van der Waals surface area contributed by atoms with Gasteiger partial charge in [-0.15, -0.1) is 0 Å². The van der Waals surface area contributed by atoms with Gasteiger partial charge in [0, 0.05) is 13.1 Å². The Morgan fingerprint density at radius 1 is 1.46 bits per heavy atom. The molecule has 2 aliphatic carbocycles. The van der Waals surface area contributed by atoms with Crippen LogP contribution in [-0.4, -0.2) is 24.3 Å². The van der Waals surface area contributed by atoms with Crippen molar-refractivity contribution in [2.24, 2.45) is 11.3 Å². The summed E-state index contributed by atoms with van der Waals surface area (Å²) in [5, 5.41) is 12.8. The average Bonchev–Trinajstić information content (AvgIpc) is 2.96. The van der Waals surface area contributed by atoms with Crippen molar-refractivity contribution < 1.29 is 5.11 Å². The summed E-state index contributed by atoms with van der Waals surface area (Å²) >= 11 is 0. The summed E-state index contributed by atoms with van der Waals surface area (Å²) in [5.74, 6) is 1.03. The van der Waals surface area contributed by atoms with Gasteiger partial charge in [-0.3, -0.25) is 0 Å². The van der Waals surface area contributed by atoms with Gasteiger partial charge in [0.15, 0.2) is 0 Å². The molecule has 0 radical (unpaired) electrons. The Bertz CT molecular complexity index is 173. The highest BCUT2D eigenvalue weighted by molar-refractivity contribution is 5.05. The lowest BCUT2D eigenvalue weighted by Crippen LogP contribution is -2.32. The van der Waals surface area contributed by atoms with Crippen molar-refractivity contribution in [3.8, 4) is 0 Å². The van der Waals surface area contributed by atoms with Crippen molar-refractivity contribution >= 4 is 0 Å². The largest absolute Gasteiger partial charge is 0.392 e. The van der Waals surface area contributed by atoms with Crippen LogP contribution in [0.15, 0.2) is 0 Å². The fourth-order valence-corrected chi connectivity index (χ4v) is 2.22. The summed E-state index contributed by atoms with van der Waals surface area (Å²) in [6.07, 6.45) is 6.48. The predicted molar refractivity (Wildman–Crippen MR) is 53.6 cm³/mol. The van der Waals surface area contributed by atoms with Gasteiger partial charge in [-0.05, 0) is 43.4 Å². The third kappa shape index (κ3) is 2.23. The summed E-state index contributed by atoms with van der Waals surface area (Å²) < 4.78 is 0. The Labute approximate surface area is 80.7 Å². The fraction of sp³-hybridized carbons (Fsp3) is 1.00. The van der Waals surface area contributed by atoms with Gasteiger partial charge in [0.25, 0.3) is 0 Å². The maximum Gasteiger partial charge on any atom is 0.0662 e. The zero-order valence-electron chi connectivity index (χ0n) is 8.55. The molecule has 0 heterocycles. The van der Waals surface area contributed by atoms with E-state index in [9.17, 15) is 5.11 Å². The van der Waals surface area contributed by atoms with Crippen LogP contribution in [0.25, 0.3) is 0 Å². The van der Waals surface area contributed by atoms with E-state index in [0.29, 0.717) is 5.41 Å². The molecule has 2 heteroatoms. The van der Waals surface area contributed by atoms with Crippen molar-refractivity contribution in [1.82, 2.24) is 5.32 Å². The molecule has 0 saturated heterocycles. The van der Waals surface area contributed by atoms with Gasteiger partial charge >= 0.3 is 0 Å². The van der Waals surface area contributed by atoms with Gasteiger partial charge in [-0.2, -0.15) is 0 Å². The summed E-state index contributed by atoms with van der Waals surface area (Å²) in [6.45, 7) is 3.96. The van der Waals surface area contributed by atoms with Crippen LogP contribution >= 0.6 is 0 Å². The molecule has 2 rings (SSSR count). The quantitative estimate of drug-likeness (QED) is 0.654. The van der Waals surface area contributed by atoms with E-state index in [0.717, 1.165) is 25.4 Å². The predicted octanol–water partition coefficient (Wildman–Crippen LogP) is 1.54. The molecule has 2 N–H and O–H groups in total. The third-order valence-corrected chi connectivity index (χ3v) is 3.66. The molecule has 2 aliphatic rings. The molecule has 0 aromatic rings. The van der Waals surface area contributed by atoms with Crippen LogP contribution in [-0.2, 0) is 0 Å². The van der Waals surface area contributed by atoms with Gasteiger partial charge in [-0.25, -0.2) is 0 Å². The number of nitrogens with one attached hydrogen (secondary N) is 1. The molecule has 0 bridgehead atoms. The summed E-state index contributed by atoms with van der Waals surface area (Å²) in [5.41, 5.74) is 0.674. The van der Waals surface area contributed by atoms with E-state index >= 15 is 0 Å². The smallest absolute Gasteiger partial charge is 0.0662 e. The minimum Gasteiger partial charge on any atom is -0.392 e. The molecule has 0 aromatic heterocycles. The second-order valence-corrected chi connectivity index (χ2v) is 4.83. The second-order valence-electron chi connectivity index (χ2n) is 4.83. The molecule has 76 valence electrons. The lowest BCUT2D eigenvalue weighted by atomic mass is 10.0. The van der Waals surface area contributed by atoms with Gasteiger partial charge in [-0.1, -0.05) is 6.92 Å². The van der Waals surface area contributed by atoms with Crippen molar-refractivity contribution in [3.05, 3.63) is 0 Å². The van der Waals surface area contributed by atoms with Crippen molar-refractivity contribution in [3.63, 3.8) is 0 Å². The van der Waals surface area contributed by atoms with Gasteiger partial charge in [0.1, 0.15) is 0 Å². The van der Waals surface area contributed by atoms with Gasteiger partial charge in [0.2, 0.25) is 0 Å². The van der Waals surface area contributed by atoms with Crippen LogP contribution in [0, 0.1) is 11.3 Å². The maximum absolute atomic E-state index is 9.37. The molecule has 0 aromatic carbocycles. The van der Waals surface area contributed by atoms with Crippen molar-refractivity contribution in [2.45, 2.75) is 45.1 Å². The molecule has 2 nitrogen and oxygen atoms in total. The van der Waals surface area contributed by atoms with E-state index in [1.54, 1.807) is 0 Å². The molecule has 1 unspecified atom stereocenters. The number of aliphatic hydroxyl groups is 1. The zero-order valence-corrected chi connectivity index (χ0v) is 8.55. The molecule has 2 fully saturated rings. The molecule has 0 spiro atoms. The van der Waals surface area contributed by atoms with E-state index in [-0.39, 0.29) is 6.10 Å². The Kier molecular flexibility index (Phi) is 2.61. The van der Waals surface area contributed by atoms with Crippen LogP contribution in [0.2, 0.25) is 0 Å². The molecule has 0 amide bonds. The maximum atomic E-state index is 9.37. The second kappa shape index (κ2) is 3.58.